The van der Waals surface area contributed by atoms with Gasteiger partial charge in [0, 0.05) is 6.42 Å². The van der Waals surface area contributed by atoms with Crippen molar-refractivity contribution in [2.75, 3.05) is 0 Å². The van der Waals surface area contributed by atoms with Gasteiger partial charge in [-0.2, -0.15) is 0 Å². The van der Waals surface area contributed by atoms with Crippen LogP contribution < -0.4 is 0 Å². The molecule has 0 unspecified atom stereocenters. The van der Waals surface area contributed by atoms with E-state index in [2.05, 4.69) is 38.1 Å². The summed E-state index contributed by atoms with van der Waals surface area (Å²) in [5.41, 5.74) is 2.76. The minimum atomic E-state index is -0.652. The number of hydrogen-bond donors (Lipinski definition) is 1. The summed E-state index contributed by atoms with van der Waals surface area (Å²) in [4.78, 5) is 10.8. The molecule has 1 aromatic rings. The van der Waals surface area contributed by atoms with Crippen molar-refractivity contribution in [3.8, 4) is 0 Å². The number of carboxylic acid groups (broad SMARTS) is 1. The van der Waals surface area contributed by atoms with Gasteiger partial charge >= 0.3 is 5.97 Å². The van der Waals surface area contributed by atoms with Crippen molar-refractivity contribution < 1.29 is 9.90 Å². The number of carboxylic acids is 1. The van der Waals surface area contributed by atoms with Crippen LogP contribution in [0.15, 0.2) is 24.3 Å². The molecule has 0 aliphatic heterocycles. The summed E-state index contributed by atoms with van der Waals surface area (Å²) in [6.45, 7) is 4.41. The van der Waals surface area contributed by atoms with Crippen molar-refractivity contribution >= 4 is 5.97 Å². The van der Waals surface area contributed by atoms with Gasteiger partial charge in [0.25, 0.3) is 0 Å². The van der Waals surface area contributed by atoms with E-state index >= 15 is 0 Å². The lowest BCUT2D eigenvalue weighted by molar-refractivity contribution is -0.138. The minimum absolute atomic E-state index is 0.334. The van der Waals surface area contributed by atoms with E-state index in [0.29, 0.717) is 24.2 Å². The lowest BCUT2D eigenvalue weighted by atomic mass is 9.76. The Labute approximate surface area is 115 Å². The van der Waals surface area contributed by atoms with Crippen molar-refractivity contribution in [2.24, 2.45) is 5.92 Å². The van der Waals surface area contributed by atoms with Gasteiger partial charge in [-0.3, -0.25) is 4.79 Å². The average molecular weight is 260 g/mol. The Morgan fingerprint density at radius 2 is 1.95 bits per heavy atom. The minimum Gasteiger partial charge on any atom is -0.481 e. The highest BCUT2D eigenvalue weighted by atomic mass is 16.4. The topological polar surface area (TPSA) is 37.3 Å². The van der Waals surface area contributed by atoms with Gasteiger partial charge in [0.05, 0.1) is 0 Å². The summed E-state index contributed by atoms with van der Waals surface area (Å²) in [5.74, 6) is 0.835. The monoisotopic (exact) mass is 260 g/mol. The maximum absolute atomic E-state index is 10.8. The highest BCUT2D eigenvalue weighted by molar-refractivity contribution is 5.67. The van der Waals surface area contributed by atoms with Crippen LogP contribution in [0.25, 0.3) is 0 Å². The molecule has 2 heteroatoms. The van der Waals surface area contributed by atoms with Crippen molar-refractivity contribution in [2.45, 2.75) is 57.8 Å². The van der Waals surface area contributed by atoms with Gasteiger partial charge in [-0.1, -0.05) is 44.5 Å². The predicted molar refractivity (Wildman–Crippen MR) is 77.5 cm³/mol. The number of aliphatic carboxylic acids is 1. The summed E-state index contributed by atoms with van der Waals surface area (Å²) in [6.07, 6.45) is 4.81. The fourth-order valence-electron chi connectivity index (χ4n) is 3.18. The van der Waals surface area contributed by atoms with Gasteiger partial charge in [-0.25, -0.2) is 0 Å². The SMILES string of the molecule is CC(C)c1ccc([C@H]2CCC[C@H](CC(=O)O)C2)cc1. The molecule has 0 radical (unpaired) electrons. The maximum atomic E-state index is 10.8. The van der Waals surface area contributed by atoms with Gasteiger partial charge < -0.3 is 5.11 Å². The Kier molecular flexibility index (Phi) is 4.62. The van der Waals surface area contributed by atoms with Gasteiger partial charge in [-0.15, -0.1) is 0 Å². The van der Waals surface area contributed by atoms with E-state index in [1.807, 2.05) is 0 Å². The first kappa shape index (κ1) is 14.1. The summed E-state index contributed by atoms with van der Waals surface area (Å²) >= 11 is 0. The van der Waals surface area contributed by atoms with Crippen molar-refractivity contribution in [1.82, 2.24) is 0 Å². The molecule has 0 spiro atoms. The number of hydrogen-bond acceptors (Lipinski definition) is 1. The highest BCUT2D eigenvalue weighted by Gasteiger charge is 2.24. The molecule has 2 nitrogen and oxygen atoms in total. The standard InChI is InChI=1S/C17H24O2/c1-12(2)14-6-8-15(9-7-14)16-5-3-4-13(10-16)11-17(18)19/h6-9,12-13,16H,3-5,10-11H2,1-2H3,(H,18,19)/t13-,16-/m0/s1. The first-order chi connectivity index (χ1) is 9.06. The zero-order chi connectivity index (χ0) is 13.8. The van der Waals surface area contributed by atoms with Crippen LogP contribution in [0.5, 0.6) is 0 Å². The largest absolute Gasteiger partial charge is 0.481 e. The zero-order valence-electron chi connectivity index (χ0n) is 11.9. The lowest BCUT2D eigenvalue weighted by Crippen LogP contribution is -2.17. The average Bonchev–Trinajstić information content (AvgIpc) is 2.38. The molecule has 1 aromatic carbocycles. The summed E-state index contributed by atoms with van der Waals surface area (Å²) in [5, 5.41) is 8.92. The molecule has 0 heterocycles. The van der Waals surface area contributed by atoms with E-state index in [1.54, 1.807) is 0 Å². The molecule has 19 heavy (non-hydrogen) atoms. The van der Waals surface area contributed by atoms with Crippen molar-refractivity contribution in [3.63, 3.8) is 0 Å². The van der Waals surface area contributed by atoms with Crippen molar-refractivity contribution in [1.29, 1.82) is 0 Å². The molecule has 0 saturated heterocycles. The number of benzene rings is 1. The zero-order valence-corrected chi connectivity index (χ0v) is 11.9. The molecule has 1 N–H and O–H groups in total. The Morgan fingerprint density at radius 1 is 1.26 bits per heavy atom. The second-order valence-corrected chi connectivity index (χ2v) is 6.15. The van der Waals surface area contributed by atoms with Gasteiger partial charge in [0.15, 0.2) is 0 Å². The van der Waals surface area contributed by atoms with Crippen LogP contribution in [0, 0.1) is 5.92 Å². The smallest absolute Gasteiger partial charge is 0.303 e. The molecule has 0 aromatic heterocycles. The third-order valence-electron chi connectivity index (χ3n) is 4.32. The van der Waals surface area contributed by atoms with Crippen LogP contribution in [-0.4, -0.2) is 11.1 Å². The van der Waals surface area contributed by atoms with Crippen LogP contribution in [0.3, 0.4) is 0 Å². The fraction of sp³-hybridized carbons (Fsp3) is 0.588. The first-order valence-electron chi connectivity index (χ1n) is 7.38. The number of rotatable bonds is 4. The molecular formula is C17H24O2. The van der Waals surface area contributed by atoms with E-state index in [0.717, 1.165) is 19.3 Å². The molecule has 0 amide bonds. The Bertz CT molecular complexity index is 419. The third kappa shape index (κ3) is 3.82. The van der Waals surface area contributed by atoms with E-state index < -0.39 is 5.97 Å². The second kappa shape index (κ2) is 6.23. The van der Waals surface area contributed by atoms with Gasteiger partial charge in [0.1, 0.15) is 0 Å². The fourth-order valence-corrected chi connectivity index (χ4v) is 3.18. The van der Waals surface area contributed by atoms with Crippen LogP contribution in [0.1, 0.15) is 68.9 Å². The Morgan fingerprint density at radius 3 is 2.53 bits per heavy atom. The van der Waals surface area contributed by atoms with Crippen LogP contribution in [-0.2, 0) is 4.79 Å². The van der Waals surface area contributed by atoms with E-state index in [4.69, 9.17) is 5.11 Å². The normalized spacial score (nSPS) is 23.5. The molecule has 1 saturated carbocycles. The van der Waals surface area contributed by atoms with Crippen LogP contribution in [0.2, 0.25) is 0 Å². The maximum Gasteiger partial charge on any atom is 0.303 e. The van der Waals surface area contributed by atoms with Crippen molar-refractivity contribution in [3.05, 3.63) is 35.4 Å². The summed E-state index contributed by atoms with van der Waals surface area (Å²) in [6, 6.07) is 8.92. The van der Waals surface area contributed by atoms with Crippen LogP contribution in [0.4, 0.5) is 0 Å². The predicted octanol–water partition coefficient (Wildman–Crippen LogP) is 4.56. The Balaban J connectivity index is 2.02. The molecule has 1 aliphatic carbocycles. The number of carbonyl (C=O) groups is 1. The summed E-state index contributed by atoms with van der Waals surface area (Å²) < 4.78 is 0. The van der Waals surface area contributed by atoms with Crippen LogP contribution >= 0.6 is 0 Å². The first-order valence-corrected chi connectivity index (χ1v) is 7.38. The molecular weight excluding hydrogens is 236 g/mol. The Hall–Kier alpha value is -1.31. The molecule has 1 aliphatic rings. The molecule has 1 fully saturated rings. The highest BCUT2D eigenvalue weighted by Crippen LogP contribution is 2.37. The summed E-state index contributed by atoms with van der Waals surface area (Å²) in [7, 11) is 0. The van der Waals surface area contributed by atoms with Gasteiger partial charge in [0.2, 0.25) is 0 Å². The molecule has 2 rings (SSSR count). The third-order valence-corrected chi connectivity index (χ3v) is 4.32. The van der Waals surface area contributed by atoms with E-state index in [1.165, 1.54) is 17.5 Å². The van der Waals surface area contributed by atoms with E-state index in [9.17, 15) is 4.79 Å². The van der Waals surface area contributed by atoms with E-state index in [-0.39, 0.29) is 0 Å². The molecule has 104 valence electrons. The quantitative estimate of drug-likeness (QED) is 0.861. The molecule has 2 atom stereocenters. The lowest BCUT2D eigenvalue weighted by Gasteiger charge is -2.28. The second-order valence-electron chi connectivity index (χ2n) is 6.15. The van der Waals surface area contributed by atoms with Gasteiger partial charge in [-0.05, 0) is 48.1 Å². The molecule has 0 bridgehead atoms.